The van der Waals surface area contributed by atoms with E-state index in [4.69, 9.17) is 9.47 Å². The van der Waals surface area contributed by atoms with E-state index in [0.29, 0.717) is 11.1 Å². The van der Waals surface area contributed by atoms with E-state index in [2.05, 4.69) is 0 Å². The fraction of sp³-hybridized carbons (Fsp3) is 0.0435. The summed E-state index contributed by atoms with van der Waals surface area (Å²) in [5.74, 6) is -1.06. The van der Waals surface area contributed by atoms with Crippen LogP contribution in [-0.4, -0.2) is 18.7 Å². The third-order valence-electron chi connectivity index (χ3n) is 4.40. The van der Waals surface area contributed by atoms with Crippen molar-refractivity contribution in [1.29, 1.82) is 0 Å². The zero-order valence-corrected chi connectivity index (χ0v) is 14.4. The Morgan fingerprint density at radius 2 is 0.963 bits per heavy atom. The topological polar surface area (TPSA) is 52.6 Å². The van der Waals surface area contributed by atoms with Crippen molar-refractivity contribution in [2.24, 2.45) is 0 Å². The standard InChI is InChI=1S/C23H16O4/c24-22(20-13-5-9-16-7-1-3-11-18(16)20)26-15-27-23(25)21-14-6-10-17-8-2-4-12-19(17)21/h1-14H,15H2. The van der Waals surface area contributed by atoms with Gasteiger partial charge in [0.25, 0.3) is 0 Å². The van der Waals surface area contributed by atoms with E-state index in [9.17, 15) is 9.59 Å². The molecule has 0 N–H and O–H groups in total. The van der Waals surface area contributed by atoms with E-state index >= 15 is 0 Å². The molecule has 0 saturated carbocycles. The molecule has 0 aromatic heterocycles. The Labute approximate surface area is 155 Å². The van der Waals surface area contributed by atoms with Gasteiger partial charge in [-0.3, -0.25) is 0 Å². The summed E-state index contributed by atoms with van der Waals surface area (Å²) in [6.07, 6.45) is 0. The first-order chi connectivity index (χ1) is 13.2. The number of carbonyl (C=O) groups excluding carboxylic acids is 2. The van der Waals surface area contributed by atoms with Crippen LogP contribution in [0.25, 0.3) is 21.5 Å². The molecule has 0 bridgehead atoms. The lowest BCUT2D eigenvalue weighted by atomic mass is 10.0. The van der Waals surface area contributed by atoms with E-state index in [0.717, 1.165) is 21.5 Å². The highest BCUT2D eigenvalue weighted by molar-refractivity contribution is 6.05. The molecule has 0 aliphatic rings. The third kappa shape index (κ3) is 3.37. The summed E-state index contributed by atoms with van der Waals surface area (Å²) in [4.78, 5) is 24.8. The molecule has 0 saturated heterocycles. The van der Waals surface area contributed by atoms with Crippen LogP contribution >= 0.6 is 0 Å². The first-order valence-corrected chi connectivity index (χ1v) is 8.54. The Morgan fingerprint density at radius 1 is 0.556 bits per heavy atom. The summed E-state index contributed by atoms with van der Waals surface area (Å²) in [5.41, 5.74) is 0.878. The second kappa shape index (κ2) is 7.30. The van der Waals surface area contributed by atoms with Gasteiger partial charge < -0.3 is 9.47 Å². The molecule has 132 valence electrons. The Kier molecular flexibility index (Phi) is 4.54. The molecule has 4 heteroatoms. The van der Waals surface area contributed by atoms with E-state index in [-0.39, 0.29) is 0 Å². The maximum Gasteiger partial charge on any atom is 0.341 e. The number of rotatable bonds is 4. The van der Waals surface area contributed by atoms with Crippen molar-refractivity contribution in [3.8, 4) is 0 Å². The first-order valence-electron chi connectivity index (χ1n) is 8.54. The van der Waals surface area contributed by atoms with Crippen molar-refractivity contribution in [3.63, 3.8) is 0 Å². The lowest BCUT2D eigenvalue weighted by Crippen LogP contribution is -2.13. The Bertz CT molecular complexity index is 1050. The van der Waals surface area contributed by atoms with Crippen molar-refractivity contribution in [3.05, 3.63) is 96.1 Å². The van der Waals surface area contributed by atoms with Crippen LogP contribution in [0, 0.1) is 0 Å². The first kappa shape index (κ1) is 16.8. The zero-order chi connectivity index (χ0) is 18.6. The van der Waals surface area contributed by atoms with E-state index in [1.54, 1.807) is 24.3 Å². The highest BCUT2D eigenvalue weighted by Gasteiger charge is 2.14. The number of carbonyl (C=O) groups is 2. The van der Waals surface area contributed by atoms with Gasteiger partial charge in [-0.2, -0.15) is 0 Å². The molecular formula is C23H16O4. The smallest absolute Gasteiger partial charge is 0.341 e. The van der Waals surface area contributed by atoms with Gasteiger partial charge in [0.1, 0.15) is 0 Å². The molecule has 0 radical (unpaired) electrons. The van der Waals surface area contributed by atoms with Crippen LogP contribution in [0.15, 0.2) is 84.9 Å². The van der Waals surface area contributed by atoms with Crippen molar-refractivity contribution < 1.29 is 19.1 Å². The van der Waals surface area contributed by atoms with Crippen molar-refractivity contribution in [2.75, 3.05) is 6.79 Å². The summed E-state index contributed by atoms with van der Waals surface area (Å²) >= 11 is 0. The normalized spacial score (nSPS) is 10.7. The molecule has 4 nitrogen and oxygen atoms in total. The van der Waals surface area contributed by atoms with Gasteiger partial charge in [-0.1, -0.05) is 72.8 Å². The number of hydrogen-bond donors (Lipinski definition) is 0. The predicted octanol–water partition coefficient (Wildman–Crippen LogP) is 4.96. The van der Waals surface area contributed by atoms with Gasteiger partial charge >= 0.3 is 11.9 Å². The lowest BCUT2D eigenvalue weighted by molar-refractivity contribution is -0.0164. The predicted molar refractivity (Wildman–Crippen MR) is 104 cm³/mol. The fourth-order valence-electron chi connectivity index (χ4n) is 3.10. The molecule has 0 unspecified atom stereocenters. The molecule has 0 aliphatic carbocycles. The molecule has 0 amide bonds. The Balaban J connectivity index is 1.46. The number of fused-ring (bicyclic) bond motifs is 2. The molecule has 0 spiro atoms. The quantitative estimate of drug-likeness (QED) is 0.383. The van der Waals surface area contributed by atoms with Crippen molar-refractivity contribution in [2.45, 2.75) is 0 Å². The number of hydrogen-bond acceptors (Lipinski definition) is 4. The molecule has 4 aromatic rings. The van der Waals surface area contributed by atoms with E-state index in [1.165, 1.54) is 0 Å². The summed E-state index contributed by atoms with van der Waals surface area (Å²) in [6.45, 7) is -0.440. The minimum atomic E-state index is -0.530. The third-order valence-corrected chi connectivity index (χ3v) is 4.40. The van der Waals surface area contributed by atoms with E-state index < -0.39 is 18.7 Å². The zero-order valence-electron chi connectivity index (χ0n) is 14.4. The minimum Gasteiger partial charge on any atom is -0.424 e. The molecule has 4 rings (SSSR count). The van der Waals surface area contributed by atoms with Crippen molar-refractivity contribution in [1.82, 2.24) is 0 Å². The van der Waals surface area contributed by atoms with Gasteiger partial charge in [0.2, 0.25) is 6.79 Å². The highest BCUT2D eigenvalue weighted by atomic mass is 16.7. The second-order valence-electron chi connectivity index (χ2n) is 6.03. The van der Waals surface area contributed by atoms with Gasteiger partial charge in [0.15, 0.2) is 0 Å². The van der Waals surface area contributed by atoms with Crippen LogP contribution in [0.1, 0.15) is 20.7 Å². The van der Waals surface area contributed by atoms with Crippen LogP contribution in [-0.2, 0) is 9.47 Å². The van der Waals surface area contributed by atoms with Crippen molar-refractivity contribution >= 4 is 33.5 Å². The number of ether oxygens (including phenoxy) is 2. The molecule has 0 heterocycles. The average Bonchev–Trinajstić information content (AvgIpc) is 2.72. The van der Waals surface area contributed by atoms with Gasteiger partial charge in [-0.25, -0.2) is 9.59 Å². The molecule has 4 aromatic carbocycles. The van der Waals surface area contributed by atoms with Gasteiger partial charge in [0, 0.05) is 0 Å². The van der Waals surface area contributed by atoms with Gasteiger partial charge in [-0.05, 0) is 33.7 Å². The van der Waals surface area contributed by atoms with Gasteiger partial charge in [0.05, 0.1) is 11.1 Å². The largest absolute Gasteiger partial charge is 0.424 e. The summed E-state index contributed by atoms with van der Waals surface area (Å²) < 4.78 is 10.3. The Hall–Kier alpha value is -3.66. The monoisotopic (exact) mass is 356 g/mol. The molecule has 0 atom stereocenters. The number of esters is 2. The number of benzene rings is 4. The minimum absolute atomic E-state index is 0.439. The van der Waals surface area contributed by atoms with Crippen LogP contribution < -0.4 is 0 Å². The fourth-order valence-corrected chi connectivity index (χ4v) is 3.10. The summed E-state index contributed by atoms with van der Waals surface area (Å²) in [5, 5.41) is 3.48. The summed E-state index contributed by atoms with van der Waals surface area (Å²) in [6, 6.07) is 25.9. The molecule has 0 fully saturated rings. The molecular weight excluding hydrogens is 340 g/mol. The maximum absolute atomic E-state index is 12.4. The average molecular weight is 356 g/mol. The van der Waals surface area contributed by atoms with Crippen LogP contribution in [0.3, 0.4) is 0 Å². The van der Waals surface area contributed by atoms with Crippen LogP contribution in [0.4, 0.5) is 0 Å². The summed E-state index contributed by atoms with van der Waals surface area (Å²) in [7, 11) is 0. The van der Waals surface area contributed by atoms with E-state index in [1.807, 2.05) is 60.7 Å². The van der Waals surface area contributed by atoms with Crippen LogP contribution in [0.2, 0.25) is 0 Å². The molecule has 0 aliphatic heterocycles. The highest BCUT2D eigenvalue weighted by Crippen LogP contribution is 2.20. The molecule has 27 heavy (non-hydrogen) atoms. The SMILES string of the molecule is O=C(OCOC(=O)c1cccc2ccccc12)c1cccc2ccccc12. The second-order valence-corrected chi connectivity index (χ2v) is 6.03. The lowest BCUT2D eigenvalue weighted by Gasteiger charge is -2.09. The van der Waals surface area contributed by atoms with Crippen LogP contribution in [0.5, 0.6) is 0 Å². The van der Waals surface area contributed by atoms with Gasteiger partial charge in [-0.15, -0.1) is 0 Å². The maximum atomic E-state index is 12.4. The Morgan fingerprint density at radius 3 is 1.44 bits per heavy atom.